The minimum absolute atomic E-state index is 0.0149. The zero-order valence-electron chi connectivity index (χ0n) is 21.8. The van der Waals surface area contributed by atoms with Crippen molar-refractivity contribution in [2.75, 3.05) is 6.61 Å². The molecule has 0 aromatic heterocycles. The Labute approximate surface area is 212 Å². The van der Waals surface area contributed by atoms with E-state index < -0.39 is 41.9 Å². The summed E-state index contributed by atoms with van der Waals surface area (Å²) >= 11 is 0. The Kier molecular flexibility index (Phi) is 13.5. The van der Waals surface area contributed by atoms with Gasteiger partial charge in [0, 0.05) is 18.8 Å². The minimum Gasteiger partial charge on any atom is -0.480 e. The fraction of sp³-hybridized carbons (Fsp3) is 0.615. The number of aliphatic carboxylic acids is 1. The Bertz CT molecular complexity index is 886. The SMILES string of the molecule is CCCC(=O)Oc1ccc(C(C(C)COC(=O)OC(C)CCC)[C@H](N)C(=O)O)cc1OC(=O)CCC. The van der Waals surface area contributed by atoms with Gasteiger partial charge in [0.1, 0.15) is 12.1 Å². The highest BCUT2D eigenvalue weighted by Crippen LogP contribution is 2.36. The topological polar surface area (TPSA) is 151 Å². The molecule has 36 heavy (non-hydrogen) atoms. The zero-order valence-corrected chi connectivity index (χ0v) is 21.8. The van der Waals surface area contributed by atoms with Gasteiger partial charge in [-0.2, -0.15) is 0 Å². The Morgan fingerprint density at radius 3 is 2.03 bits per heavy atom. The molecule has 202 valence electrons. The van der Waals surface area contributed by atoms with Gasteiger partial charge in [0.15, 0.2) is 11.5 Å². The van der Waals surface area contributed by atoms with Gasteiger partial charge in [-0.1, -0.05) is 40.2 Å². The van der Waals surface area contributed by atoms with Crippen LogP contribution in [0.25, 0.3) is 0 Å². The molecular formula is C26H39NO9. The molecule has 1 aromatic rings. The molecule has 0 aliphatic carbocycles. The molecule has 0 heterocycles. The van der Waals surface area contributed by atoms with Gasteiger partial charge in [-0.05, 0) is 49.8 Å². The molecule has 1 rings (SSSR count). The number of ether oxygens (including phenoxy) is 4. The molecular weight excluding hydrogens is 470 g/mol. The lowest BCUT2D eigenvalue weighted by Gasteiger charge is -2.28. The van der Waals surface area contributed by atoms with E-state index in [4.69, 9.17) is 24.7 Å². The number of benzene rings is 1. The summed E-state index contributed by atoms with van der Waals surface area (Å²) < 4.78 is 21.2. The highest BCUT2D eigenvalue weighted by molar-refractivity contribution is 5.77. The molecule has 4 atom stereocenters. The van der Waals surface area contributed by atoms with E-state index >= 15 is 0 Å². The number of hydrogen-bond acceptors (Lipinski definition) is 9. The lowest BCUT2D eigenvalue weighted by Crippen LogP contribution is -2.40. The smallest absolute Gasteiger partial charge is 0.480 e. The molecule has 0 saturated heterocycles. The molecule has 0 aliphatic heterocycles. The van der Waals surface area contributed by atoms with E-state index in [1.807, 2.05) is 20.8 Å². The predicted molar refractivity (Wildman–Crippen MR) is 132 cm³/mol. The molecule has 1 aromatic carbocycles. The normalized spacial score (nSPS) is 14.2. The van der Waals surface area contributed by atoms with Gasteiger partial charge >= 0.3 is 24.1 Å². The minimum atomic E-state index is -1.36. The van der Waals surface area contributed by atoms with Crippen LogP contribution in [-0.2, 0) is 23.9 Å². The van der Waals surface area contributed by atoms with Crippen LogP contribution in [0, 0.1) is 5.92 Å². The van der Waals surface area contributed by atoms with Gasteiger partial charge in [-0.25, -0.2) is 4.79 Å². The number of carbonyl (C=O) groups is 4. The second-order valence-electron chi connectivity index (χ2n) is 8.80. The first kappa shape index (κ1) is 30.9. The zero-order chi connectivity index (χ0) is 27.3. The fourth-order valence-electron chi connectivity index (χ4n) is 3.66. The Balaban J connectivity index is 3.23. The molecule has 0 saturated carbocycles. The maximum Gasteiger partial charge on any atom is 0.508 e. The Morgan fingerprint density at radius 2 is 1.50 bits per heavy atom. The third-order valence-electron chi connectivity index (χ3n) is 5.45. The number of esters is 2. The molecule has 0 spiro atoms. The summed E-state index contributed by atoms with van der Waals surface area (Å²) in [5.74, 6) is -3.61. The quantitative estimate of drug-likeness (QED) is 0.254. The molecule has 3 unspecified atom stereocenters. The third kappa shape index (κ3) is 10.2. The van der Waals surface area contributed by atoms with Crippen LogP contribution in [0.3, 0.4) is 0 Å². The van der Waals surface area contributed by atoms with Crippen molar-refractivity contribution < 1.29 is 43.2 Å². The second kappa shape index (κ2) is 15.8. The summed E-state index contributed by atoms with van der Waals surface area (Å²) in [6, 6.07) is 3.07. The summed E-state index contributed by atoms with van der Waals surface area (Å²) in [7, 11) is 0. The Morgan fingerprint density at radius 1 is 0.917 bits per heavy atom. The van der Waals surface area contributed by atoms with E-state index in [2.05, 4.69) is 0 Å². The van der Waals surface area contributed by atoms with Gasteiger partial charge in [0.25, 0.3) is 0 Å². The first-order valence-corrected chi connectivity index (χ1v) is 12.4. The van der Waals surface area contributed by atoms with Crippen LogP contribution in [0.15, 0.2) is 18.2 Å². The van der Waals surface area contributed by atoms with Gasteiger partial charge in [0.2, 0.25) is 0 Å². The van der Waals surface area contributed by atoms with Gasteiger partial charge in [0.05, 0.1) is 6.61 Å². The molecule has 3 N–H and O–H groups in total. The number of carboxylic acids is 1. The number of carbonyl (C=O) groups excluding carboxylic acids is 3. The number of rotatable bonds is 15. The van der Waals surface area contributed by atoms with E-state index in [0.717, 1.165) is 6.42 Å². The molecule has 0 radical (unpaired) electrons. The summed E-state index contributed by atoms with van der Waals surface area (Å²) in [6.45, 7) is 8.91. The molecule has 0 aliphatic rings. The monoisotopic (exact) mass is 509 g/mol. The van der Waals surface area contributed by atoms with Crippen LogP contribution in [0.5, 0.6) is 11.5 Å². The van der Waals surface area contributed by atoms with E-state index in [1.165, 1.54) is 12.1 Å². The molecule has 0 amide bonds. The van der Waals surface area contributed by atoms with Crippen LogP contribution in [-0.4, -0.2) is 47.9 Å². The van der Waals surface area contributed by atoms with Gasteiger partial charge < -0.3 is 29.8 Å². The second-order valence-corrected chi connectivity index (χ2v) is 8.80. The van der Waals surface area contributed by atoms with Crippen molar-refractivity contribution in [3.63, 3.8) is 0 Å². The van der Waals surface area contributed by atoms with Crippen molar-refractivity contribution in [3.8, 4) is 11.5 Å². The van der Waals surface area contributed by atoms with Crippen LogP contribution >= 0.6 is 0 Å². The van der Waals surface area contributed by atoms with Crippen molar-refractivity contribution >= 4 is 24.1 Å². The highest BCUT2D eigenvalue weighted by atomic mass is 16.7. The summed E-state index contributed by atoms with van der Waals surface area (Å²) in [4.78, 5) is 48.1. The first-order valence-electron chi connectivity index (χ1n) is 12.4. The van der Waals surface area contributed by atoms with Crippen LogP contribution in [0.1, 0.15) is 84.6 Å². The van der Waals surface area contributed by atoms with E-state index in [9.17, 15) is 24.3 Å². The molecule has 10 heteroatoms. The summed E-state index contributed by atoms with van der Waals surface area (Å²) in [5, 5.41) is 9.62. The average Bonchev–Trinajstić information content (AvgIpc) is 2.79. The van der Waals surface area contributed by atoms with Gasteiger partial charge in [-0.3, -0.25) is 14.4 Å². The van der Waals surface area contributed by atoms with Crippen molar-refractivity contribution in [3.05, 3.63) is 23.8 Å². The van der Waals surface area contributed by atoms with Gasteiger partial charge in [-0.15, -0.1) is 0 Å². The number of carboxylic acid groups (broad SMARTS) is 1. The fourth-order valence-corrected chi connectivity index (χ4v) is 3.66. The molecule has 10 nitrogen and oxygen atoms in total. The highest BCUT2D eigenvalue weighted by Gasteiger charge is 2.33. The standard InChI is InChI=1S/C26H39NO9/c1-6-9-17(5)34-26(32)33-15-16(4)23(24(27)25(30)31)18-12-13-19(35-21(28)10-7-2)20(14-18)36-22(29)11-8-3/h12-14,16-17,23-24H,6-11,15,27H2,1-5H3,(H,30,31)/t16?,17?,23?,24-/m0/s1. The lowest BCUT2D eigenvalue weighted by molar-refractivity contribution is -0.139. The third-order valence-corrected chi connectivity index (χ3v) is 5.45. The largest absolute Gasteiger partial charge is 0.508 e. The first-order chi connectivity index (χ1) is 17.0. The Hall–Kier alpha value is -3.14. The van der Waals surface area contributed by atoms with Crippen LogP contribution in [0.4, 0.5) is 4.79 Å². The number of hydrogen-bond donors (Lipinski definition) is 2. The van der Waals surface area contributed by atoms with Crippen molar-refractivity contribution in [1.82, 2.24) is 0 Å². The van der Waals surface area contributed by atoms with E-state index in [-0.39, 0.29) is 37.1 Å². The van der Waals surface area contributed by atoms with Crippen molar-refractivity contribution in [2.24, 2.45) is 11.7 Å². The predicted octanol–water partition coefficient (Wildman–Crippen LogP) is 4.57. The van der Waals surface area contributed by atoms with E-state index in [0.29, 0.717) is 24.8 Å². The number of nitrogens with two attached hydrogens (primary N) is 1. The summed E-state index contributed by atoms with van der Waals surface area (Å²) in [5.41, 5.74) is 6.43. The average molecular weight is 510 g/mol. The maximum atomic E-state index is 12.2. The van der Waals surface area contributed by atoms with Crippen molar-refractivity contribution in [2.45, 2.75) is 91.2 Å². The van der Waals surface area contributed by atoms with Crippen molar-refractivity contribution in [1.29, 1.82) is 0 Å². The molecule has 0 bridgehead atoms. The maximum absolute atomic E-state index is 12.2. The van der Waals surface area contributed by atoms with Crippen LogP contribution in [0.2, 0.25) is 0 Å². The van der Waals surface area contributed by atoms with Crippen LogP contribution < -0.4 is 15.2 Å². The summed E-state index contributed by atoms with van der Waals surface area (Å²) in [6.07, 6.45) is 1.83. The van der Waals surface area contributed by atoms with E-state index in [1.54, 1.807) is 19.9 Å². The lowest BCUT2D eigenvalue weighted by atomic mass is 9.82. The molecule has 0 fully saturated rings.